The number of ether oxygens (including phenoxy) is 1. The van der Waals surface area contributed by atoms with Crippen molar-refractivity contribution in [2.75, 3.05) is 25.5 Å². The fourth-order valence-electron chi connectivity index (χ4n) is 3.75. The molecule has 0 aliphatic heterocycles. The topological polar surface area (TPSA) is 88.9 Å². The van der Waals surface area contributed by atoms with Gasteiger partial charge in [-0.25, -0.2) is 4.79 Å². The molecule has 31 heavy (non-hydrogen) atoms. The van der Waals surface area contributed by atoms with Crippen molar-refractivity contribution in [3.05, 3.63) is 69.6 Å². The van der Waals surface area contributed by atoms with Crippen molar-refractivity contribution >= 4 is 28.5 Å². The summed E-state index contributed by atoms with van der Waals surface area (Å²) in [5.74, 6) is -0.199. The van der Waals surface area contributed by atoms with Crippen LogP contribution in [0.15, 0.2) is 51.7 Å². The van der Waals surface area contributed by atoms with Gasteiger partial charge in [0.15, 0.2) is 6.61 Å². The van der Waals surface area contributed by atoms with E-state index in [1.165, 1.54) is 4.90 Å². The number of anilines is 1. The molecule has 1 aromatic heterocycles. The molecule has 0 fully saturated rings. The molecule has 2 aromatic carbocycles. The average Bonchev–Trinajstić information content (AvgIpc) is 3.24. The minimum Gasteiger partial charge on any atom is -0.484 e. The second kappa shape index (κ2) is 8.63. The molecule has 0 saturated heterocycles. The Labute approximate surface area is 179 Å². The number of fused-ring (bicyclic) bond motifs is 3. The number of nitrogens with one attached hydrogen (secondary N) is 1. The predicted molar refractivity (Wildman–Crippen MR) is 117 cm³/mol. The van der Waals surface area contributed by atoms with Crippen LogP contribution < -0.4 is 15.7 Å². The molecule has 0 bridgehead atoms. The van der Waals surface area contributed by atoms with E-state index < -0.39 is 0 Å². The van der Waals surface area contributed by atoms with Crippen LogP contribution in [0.3, 0.4) is 0 Å². The number of rotatable bonds is 6. The van der Waals surface area contributed by atoms with Crippen molar-refractivity contribution in [2.45, 2.75) is 26.2 Å². The average molecular weight is 420 g/mol. The summed E-state index contributed by atoms with van der Waals surface area (Å²) in [6, 6.07) is 12.7. The van der Waals surface area contributed by atoms with E-state index in [1.54, 1.807) is 19.2 Å². The van der Waals surface area contributed by atoms with Crippen LogP contribution in [-0.4, -0.2) is 36.9 Å². The van der Waals surface area contributed by atoms with Crippen LogP contribution in [0, 0.1) is 6.92 Å². The number of hydrogen-bond acceptors (Lipinski definition) is 5. The Hall–Kier alpha value is -3.61. The van der Waals surface area contributed by atoms with Gasteiger partial charge in [-0.15, -0.1) is 0 Å². The maximum atomic E-state index is 12.4. The quantitative estimate of drug-likeness (QED) is 0.619. The van der Waals surface area contributed by atoms with Crippen molar-refractivity contribution in [1.29, 1.82) is 0 Å². The van der Waals surface area contributed by atoms with E-state index in [0.29, 0.717) is 17.0 Å². The van der Waals surface area contributed by atoms with Crippen molar-refractivity contribution in [2.24, 2.45) is 0 Å². The third-order valence-electron chi connectivity index (χ3n) is 5.45. The summed E-state index contributed by atoms with van der Waals surface area (Å²) in [7, 11) is 1.54. The summed E-state index contributed by atoms with van der Waals surface area (Å²) in [6.07, 6.45) is 2.57. The molecule has 160 valence electrons. The van der Waals surface area contributed by atoms with Gasteiger partial charge >= 0.3 is 5.63 Å². The molecule has 0 spiro atoms. The number of amides is 2. The van der Waals surface area contributed by atoms with Crippen molar-refractivity contribution in [1.82, 2.24) is 4.90 Å². The number of benzene rings is 2. The van der Waals surface area contributed by atoms with E-state index in [9.17, 15) is 14.4 Å². The van der Waals surface area contributed by atoms with Crippen molar-refractivity contribution in [3.63, 3.8) is 0 Å². The maximum absolute atomic E-state index is 12.4. The van der Waals surface area contributed by atoms with E-state index in [1.807, 2.05) is 37.3 Å². The molecule has 1 aliphatic rings. The van der Waals surface area contributed by atoms with Crippen LogP contribution in [0.2, 0.25) is 0 Å². The molecule has 0 atom stereocenters. The highest BCUT2D eigenvalue weighted by Gasteiger charge is 2.20. The lowest BCUT2D eigenvalue weighted by Gasteiger charge is -2.17. The summed E-state index contributed by atoms with van der Waals surface area (Å²) in [4.78, 5) is 38.0. The summed E-state index contributed by atoms with van der Waals surface area (Å²) in [6.45, 7) is 1.65. The Morgan fingerprint density at radius 3 is 2.61 bits per heavy atom. The highest BCUT2D eigenvalue weighted by molar-refractivity contribution is 5.94. The largest absolute Gasteiger partial charge is 0.484 e. The number of hydrogen-bond donors (Lipinski definition) is 1. The molecular weight excluding hydrogens is 396 g/mol. The summed E-state index contributed by atoms with van der Waals surface area (Å²) in [5.41, 5.74) is 3.75. The molecule has 0 unspecified atom stereocenters. The highest BCUT2D eigenvalue weighted by atomic mass is 16.5. The molecule has 1 N–H and O–H groups in total. The number of nitrogens with zero attached hydrogens (tertiary/aromatic N) is 1. The molecule has 1 heterocycles. The van der Waals surface area contributed by atoms with Gasteiger partial charge in [0.05, 0.1) is 6.54 Å². The molecule has 7 heteroatoms. The fraction of sp³-hybridized carbons (Fsp3) is 0.292. The van der Waals surface area contributed by atoms with Gasteiger partial charge in [-0.05, 0) is 56.0 Å². The first kappa shape index (κ1) is 20.7. The first-order valence-electron chi connectivity index (χ1n) is 10.2. The van der Waals surface area contributed by atoms with E-state index >= 15 is 0 Å². The molecule has 4 rings (SSSR count). The van der Waals surface area contributed by atoms with Gasteiger partial charge in [0, 0.05) is 29.8 Å². The zero-order valence-corrected chi connectivity index (χ0v) is 17.6. The Bertz CT molecular complexity index is 1200. The molecule has 1 aliphatic carbocycles. The molecule has 0 radical (unpaired) electrons. The van der Waals surface area contributed by atoms with Gasteiger partial charge in [0.1, 0.15) is 11.3 Å². The number of likely N-dealkylation sites (N-methyl/N-ethyl adjacent to an activating group) is 1. The van der Waals surface area contributed by atoms with Crippen LogP contribution in [0.25, 0.3) is 11.0 Å². The van der Waals surface area contributed by atoms with Gasteiger partial charge in [-0.1, -0.05) is 17.7 Å². The summed E-state index contributed by atoms with van der Waals surface area (Å²) in [5, 5.41) is 3.67. The lowest BCUT2D eigenvalue weighted by Crippen LogP contribution is -2.37. The van der Waals surface area contributed by atoms with Gasteiger partial charge in [-0.3, -0.25) is 9.59 Å². The Morgan fingerprint density at radius 2 is 1.84 bits per heavy atom. The SMILES string of the molecule is Cc1ccc(NC(=O)CN(C)C(=O)COc2ccc3c4c(c(=O)oc3c2)CCC4)cc1. The third kappa shape index (κ3) is 4.60. The smallest absolute Gasteiger partial charge is 0.339 e. The fourth-order valence-corrected chi connectivity index (χ4v) is 3.75. The summed E-state index contributed by atoms with van der Waals surface area (Å²) < 4.78 is 11.0. The van der Waals surface area contributed by atoms with Crippen LogP contribution in [0.1, 0.15) is 23.1 Å². The van der Waals surface area contributed by atoms with Gasteiger partial charge in [-0.2, -0.15) is 0 Å². The van der Waals surface area contributed by atoms with E-state index in [4.69, 9.17) is 9.15 Å². The van der Waals surface area contributed by atoms with Gasteiger partial charge < -0.3 is 19.4 Å². The van der Waals surface area contributed by atoms with Gasteiger partial charge in [0.2, 0.25) is 5.91 Å². The monoisotopic (exact) mass is 420 g/mol. The van der Waals surface area contributed by atoms with Gasteiger partial charge in [0.25, 0.3) is 5.91 Å². The first-order chi connectivity index (χ1) is 14.9. The Morgan fingerprint density at radius 1 is 1.10 bits per heavy atom. The van der Waals surface area contributed by atoms with Crippen LogP contribution in [0.4, 0.5) is 5.69 Å². The predicted octanol–water partition coefficient (Wildman–Crippen LogP) is 3.07. The zero-order chi connectivity index (χ0) is 22.0. The molecule has 3 aromatic rings. The Balaban J connectivity index is 1.35. The molecular formula is C24H24N2O5. The standard InChI is InChI=1S/C24H24N2O5/c1-15-6-8-16(9-7-15)25-22(27)13-26(2)23(28)14-30-17-10-11-19-18-4-3-5-20(18)24(29)31-21(19)12-17/h6-12H,3-5,13-14H2,1-2H3,(H,25,27). The Kier molecular flexibility index (Phi) is 5.75. The van der Waals surface area contributed by atoms with E-state index in [2.05, 4.69) is 5.32 Å². The molecule has 7 nitrogen and oxygen atoms in total. The molecule has 0 saturated carbocycles. The zero-order valence-electron chi connectivity index (χ0n) is 17.6. The number of carbonyl (C=O) groups is 2. The normalized spacial score (nSPS) is 12.5. The number of aryl methyl sites for hydroxylation is 2. The van der Waals surface area contributed by atoms with Crippen LogP contribution in [-0.2, 0) is 22.4 Å². The van der Waals surface area contributed by atoms with Crippen LogP contribution >= 0.6 is 0 Å². The second-order valence-electron chi connectivity index (χ2n) is 7.81. The first-order valence-corrected chi connectivity index (χ1v) is 10.2. The lowest BCUT2D eigenvalue weighted by molar-refractivity contribution is -0.135. The minimum absolute atomic E-state index is 0.0885. The summed E-state index contributed by atoms with van der Waals surface area (Å²) >= 11 is 0. The highest BCUT2D eigenvalue weighted by Crippen LogP contribution is 2.29. The molecule has 2 amide bonds. The van der Waals surface area contributed by atoms with Crippen LogP contribution in [0.5, 0.6) is 5.75 Å². The van der Waals surface area contributed by atoms with Crippen molar-refractivity contribution < 1.29 is 18.7 Å². The lowest BCUT2D eigenvalue weighted by atomic mass is 10.1. The maximum Gasteiger partial charge on any atom is 0.339 e. The van der Waals surface area contributed by atoms with Crippen molar-refractivity contribution in [3.8, 4) is 5.75 Å². The minimum atomic E-state index is -0.338. The second-order valence-corrected chi connectivity index (χ2v) is 7.81. The van der Waals surface area contributed by atoms with E-state index in [0.717, 1.165) is 41.3 Å². The number of carbonyl (C=O) groups excluding carboxylic acids is 2. The van der Waals surface area contributed by atoms with E-state index in [-0.39, 0.29) is 30.6 Å². The third-order valence-corrected chi connectivity index (χ3v) is 5.45.